The minimum absolute atomic E-state index is 0.0363. The molecule has 5 rings (SSSR count). The molecule has 3 heterocycles. The third-order valence-electron chi connectivity index (χ3n) is 6.43. The van der Waals surface area contributed by atoms with Gasteiger partial charge in [0.05, 0.1) is 36.1 Å². The second-order valence-electron chi connectivity index (χ2n) is 8.64. The molecule has 1 unspecified atom stereocenters. The molecule has 1 aliphatic rings. The van der Waals surface area contributed by atoms with Crippen LogP contribution in [0.15, 0.2) is 65.7 Å². The smallest absolute Gasteiger partial charge is 0.334 e. The first-order valence-corrected chi connectivity index (χ1v) is 11.9. The molecule has 0 N–H and O–H groups in total. The maximum Gasteiger partial charge on any atom is 0.334 e. The van der Waals surface area contributed by atoms with Gasteiger partial charge in [0.15, 0.2) is 11.5 Å². The number of ether oxygens (including phenoxy) is 2. The molecular formula is C28H25FN4O4. The molecule has 1 fully saturated rings. The molecular weight excluding hydrogens is 475 g/mol. The van der Waals surface area contributed by atoms with Crippen LogP contribution in [0, 0.1) is 17.7 Å². The van der Waals surface area contributed by atoms with Crippen LogP contribution in [0.2, 0.25) is 0 Å². The van der Waals surface area contributed by atoms with E-state index in [1.165, 1.54) is 19.2 Å². The molecule has 0 spiro atoms. The Labute approximate surface area is 212 Å². The summed E-state index contributed by atoms with van der Waals surface area (Å²) in [5.74, 6) is 4.96. The molecule has 4 aromatic rings. The Kier molecular flexibility index (Phi) is 6.64. The zero-order valence-corrected chi connectivity index (χ0v) is 20.5. The van der Waals surface area contributed by atoms with Crippen LogP contribution < -0.4 is 15.2 Å². The fraction of sp³-hybridized carbons (Fsp3) is 0.250. The van der Waals surface area contributed by atoms with Crippen molar-refractivity contribution in [2.24, 2.45) is 0 Å². The SMILES string of the molecule is CC#CC(=O)N1CCCC(n2c(=O)n(-c3ccc(Oc4cccc(OC)c4F)cc3)c3cnccc32)C1. The molecule has 188 valence electrons. The summed E-state index contributed by atoms with van der Waals surface area (Å²) < 4.78 is 28.5. The normalized spacial score (nSPS) is 15.2. The van der Waals surface area contributed by atoms with E-state index in [-0.39, 0.29) is 29.1 Å². The van der Waals surface area contributed by atoms with Gasteiger partial charge in [-0.1, -0.05) is 12.0 Å². The molecule has 0 aliphatic carbocycles. The van der Waals surface area contributed by atoms with Crippen LogP contribution in [0.25, 0.3) is 16.7 Å². The van der Waals surface area contributed by atoms with Crippen LogP contribution in [0.3, 0.4) is 0 Å². The van der Waals surface area contributed by atoms with Gasteiger partial charge in [-0.3, -0.25) is 18.9 Å². The van der Waals surface area contributed by atoms with Crippen LogP contribution in [0.5, 0.6) is 17.2 Å². The number of hydrogen-bond acceptors (Lipinski definition) is 5. The number of halogens is 1. The van der Waals surface area contributed by atoms with Crippen molar-refractivity contribution < 1.29 is 18.7 Å². The van der Waals surface area contributed by atoms with Crippen molar-refractivity contribution in [3.8, 4) is 34.8 Å². The molecule has 37 heavy (non-hydrogen) atoms. The van der Waals surface area contributed by atoms with Gasteiger partial charge in [0, 0.05) is 19.3 Å². The van der Waals surface area contributed by atoms with Crippen LogP contribution in [0.1, 0.15) is 25.8 Å². The lowest BCUT2D eigenvalue weighted by atomic mass is 10.1. The van der Waals surface area contributed by atoms with Crippen molar-refractivity contribution in [2.45, 2.75) is 25.8 Å². The van der Waals surface area contributed by atoms with Gasteiger partial charge in [-0.2, -0.15) is 4.39 Å². The second kappa shape index (κ2) is 10.2. The number of fused-ring (bicyclic) bond motifs is 1. The Morgan fingerprint density at radius 2 is 1.89 bits per heavy atom. The number of carbonyl (C=O) groups excluding carboxylic acids is 1. The Bertz CT molecular complexity index is 1580. The predicted octanol–water partition coefficient (Wildman–Crippen LogP) is 4.31. The van der Waals surface area contributed by atoms with Gasteiger partial charge >= 0.3 is 5.69 Å². The van der Waals surface area contributed by atoms with E-state index in [4.69, 9.17) is 9.47 Å². The third-order valence-corrected chi connectivity index (χ3v) is 6.43. The first-order valence-electron chi connectivity index (χ1n) is 11.9. The summed E-state index contributed by atoms with van der Waals surface area (Å²) in [6.45, 7) is 2.66. The lowest BCUT2D eigenvalue weighted by molar-refractivity contribution is -0.126. The van der Waals surface area contributed by atoms with Crippen molar-refractivity contribution >= 4 is 16.9 Å². The number of aromatic nitrogens is 3. The van der Waals surface area contributed by atoms with E-state index in [0.717, 1.165) is 18.4 Å². The van der Waals surface area contributed by atoms with Crippen LogP contribution in [0.4, 0.5) is 4.39 Å². The van der Waals surface area contributed by atoms with Crippen LogP contribution in [-0.4, -0.2) is 45.1 Å². The number of amides is 1. The number of piperidine rings is 1. The van der Waals surface area contributed by atoms with E-state index in [1.807, 2.05) is 6.07 Å². The monoisotopic (exact) mass is 500 g/mol. The van der Waals surface area contributed by atoms with Crippen molar-refractivity contribution in [2.75, 3.05) is 20.2 Å². The van der Waals surface area contributed by atoms with Crippen LogP contribution >= 0.6 is 0 Å². The molecule has 1 saturated heterocycles. The zero-order chi connectivity index (χ0) is 25.9. The topological polar surface area (TPSA) is 78.6 Å². The number of nitrogens with zero attached hydrogens (tertiary/aromatic N) is 4. The highest BCUT2D eigenvalue weighted by molar-refractivity contribution is 5.93. The lowest BCUT2D eigenvalue weighted by Crippen LogP contribution is -2.42. The fourth-order valence-electron chi connectivity index (χ4n) is 4.72. The summed E-state index contributed by atoms with van der Waals surface area (Å²) in [7, 11) is 1.39. The average Bonchev–Trinajstić information content (AvgIpc) is 3.22. The molecule has 0 bridgehead atoms. The van der Waals surface area contributed by atoms with Crippen molar-refractivity contribution in [1.82, 2.24) is 19.0 Å². The van der Waals surface area contributed by atoms with E-state index in [1.54, 1.807) is 63.7 Å². The number of likely N-dealkylation sites (tertiary alicyclic amines) is 1. The second-order valence-corrected chi connectivity index (χ2v) is 8.64. The molecule has 1 amide bonds. The minimum atomic E-state index is -0.593. The maximum atomic E-state index is 14.5. The van der Waals surface area contributed by atoms with Crippen molar-refractivity contribution in [3.05, 3.63) is 77.2 Å². The van der Waals surface area contributed by atoms with Gasteiger partial charge in [-0.15, -0.1) is 0 Å². The van der Waals surface area contributed by atoms with E-state index in [0.29, 0.717) is 30.0 Å². The quantitative estimate of drug-likeness (QED) is 0.382. The summed E-state index contributed by atoms with van der Waals surface area (Å²) >= 11 is 0. The zero-order valence-electron chi connectivity index (χ0n) is 20.5. The van der Waals surface area contributed by atoms with Gasteiger partial charge in [-0.05, 0) is 68.2 Å². The summed E-state index contributed by atoms with van der Waals surface area (Å²) in [5, 5.41) is 0. The average molecular weight is 501 g/mol. The Balaban J connectivity index is 1.49. The molecule has 9 heteroatoms. The van der Waals surface area contributed by atoms with Gasteiger partial charge in [0.25, 0.3) is 5.91 Å². The van der Waals surface area contributed by atoms with Gasteiger partial charge < -0.3 is 14.4 Å². The van der Waals surface area contributed by atoms with Gasteiger partial charge in [0.2, 0.25) is 5.82 Å². The minimum Gasteiger partial charge on any atom is -0.494 e. The molecule has 1 aliphatic heterocycles. The van der Waals surface area contributed by atoms with Gasteiger partial charge in [-0.25, -0.2) is 4.79 Å². The van der Waals surface area contributed by atoms with E-state index < -0.39 is 5.82 Å². The Morgan fingerprint density at radius 3 is 2.65 bits per heavy atom. The van der Waals surface area contributed by atoms with Crippen molar-refractivity contribution in [1.29, 1.82) is 0 Å². The van der Waals surface area contributed by atoms with E-state index in [2.05, 4.69) is 16.8 Å². The summed E-state index contributed by atoms with van der Waals surface area (Å²) in [5.41, 5.74) is 1.77. The van der Waals surface area contributed by atoms with E-state index >= 15 is 0 Å². The molecule has 2 aromatic heterocycles. The molecule has 0 radical (unpaired) electrons. The first-order chi connectivity index (χ1) is 18.0. The molecule has 0 saturated carbocycles. The van der Waals surface area contributed by atoms with Crippen molar-refractivity contribution in [3.63, 3.8) is 0 Å². The molecule has 1 atom stereocenters. The number of carbonyl (C=O) groups is 1. The maximum absolute atomic E-state index is 14.5. The Morgan fingerprint density at radius 1 is 1.11 bits per heavy atom. The molecule has 2 aromatic carbocycles. The van der Waals surface area contributed by atoms with Gasteiger partial charge in [0.1, 0.15) is 5.75 Å². The Hall–Kier alpha value is -4.58. The number of rotatable bonds is 5. The highest BCUT2D eigenvalue weighted by Crippen LogP contribution is 2.31. The van der Waals surface area contributed by atoms with E-state index in [9.17, 15) is 14.0 Å². The number of benzene rings is 2. The lowest BCUT2D eigenvalue weighted by Gasteiger charge is -2.32. The number of pyridine rings is 1. The highest BCUT2D eigenvalue weighted by Gasteiger charge is 2.28. The largest absolute Gasteiger partial charge is 0.494 e. The summed E-state index contributed by atoms with van der Waals surface area (Å²) in [6.07, 6.45) is 4.84. The number of methoxy groups -OCH3 is 1. The highest BCUT2D eigenvalue weighted by atomic mass is 19.1. The first kappa shape index (κ1) is 24.1. The van der Waals surface area contributed by atoms with Crippen LogP contribution in [-0.2, 0) is 4.79 Å². The summed E-state index contributed by atoms with van der Waals surface area (Å²) in [4.78, 5) is 32.1. The number of imidazole rings is 1. The predicted molar refractivity (Wildman–Crippen MR) is 137 cm³/mol. The molecule has 8 nitrogen and oxygen atoms in total. The number of hydrogen-bond donors (Lipinski definition) is 0. The standard InChI is InChI=1S/C28H25FN4O4/c1-3-6-26(34)31-16-5-7-20(18-31)33-22-14-15-30-17-23(22)32(28(33)35)19-10-12-21(13-11-19)37-25-9-4-8-24(36-2)27(25)29/h4,8-15,17,20H,5,7,16,18H2,1-2H3. The fourth-order valence-corrected chi connectivity index (χ4v) is 4.72. The third kappa shape index (κ3) is 4.54. The summed E-state index contributed by atoms with van der Waals surface area (Å²) in [6, 6.07) is 13.1.